The second-order valence-corrected chi connectivity index (χ2v) is 5.81. The standard InChI is InChI=1S/C16H20N2O/c19-16(10-12-4-2-1-3-5-12)18-17-11-15-9-13-6-7-14(15)8-13/h1-5,11,13-15H,6-10H2,(H,18,19)/b17-11-/t13-,14-,15+/m0/s1. The molecule has 0 aliphatic heterocycles. The number of carbonyl (C=O) groups excluding carboxylic acids is 1. The molecule has 1 N–H and O–H groups in total. The first-order valence-electron chi connectivity index (χ1n) is 7.17. The van der Waals surface area contributed by atoms with Crippen LogP contribution in [0.4, 0.5) is 0 Å². The van der Waals surface area contributed by atoms with Gasteiger partial charge < -0.3 is 0 Å². The third-order valence-corrected chi connectivity index (χ3v) is 4.46. The quantitative estimate of drug-likeness (QED) is 0.653. The Bertz CT molecular complexity index is 469. The van der Waals surface area contributed by atoms with E-state index >= 15 is 0 Å². The molecule has 3 rings (SSSR count). The van der Waals surface area contributed by atoms with Gasteiger partial charge in [0.2, 0.25) is 5.91 Å². The van der Waals surface area contributed by atoms with Crippen molar-refractivity contribution < 1.29 is 4.79 Å². The first-order chi connectivity index (χ1) is 9.31. The van der Waals surface area contributed by atoms with Gasteiger partial charge >= 0.3 is 0 Å². The summed E-state index contributed by atoms with van der Waals surface area (Å²) in [5.41, 5.74) is 3.67. The van der Waals surface area contributed by atoms with Crippen LogP contribution in [0.15, 0.2) is 35.4 Å². The molecule has 2 bridgehead atoms. The summed E-state index contributed by atoms with van der Waals surface area (Å²) >= 11 is 0. The number of fused-ring (bicyclic) bond motifs is 2. The molecular weight excluding hydrogens is 236 g/mol. The highest BCUT2D eigenvalue weighted by Gasteiger charge is 2.38. The molecule has 2 aliphatic rings. The van der Waals surface area contributed by atoms with E-state index in [9.17, 15) is 4.79 Å². The second kappa shape index (κ2) is 5.55. The highest BCUT2D eigenvalue weighted by Crippen LogP contribution is 2.47. The van der Waals surface area contributed by atoms with Gasteiger partial charge in [0.05, 0.1) is 6.42 Å². The van der Waals surface area contributed by atoms with Gasteiger partial charge in [-0.05, 0) is 42.6 Å². The molecule has 0 radical (unpaired) electrons. The molecule has 3 atom stereocenters. The molecule has 3 heteroatoms. The van der Waals surface area contributed by atoms with E-state index in [2.05, 4.69) is 10.5 Å². The summed E-state index contributed by atoms with van der Waals surface area (Å²) in [7, 11) is 0. The fourth-order valence-electron chi connectivity index (χ4n) is 3.50. The lowest BCUT2D eigenvalue weighted by Crippen LogP contribution is -2.21. The Morgan fingerprint density at radius 2 is 2.11 bits per heavy atom. The van der Waals surface area contributed by atoms with E-state index in [4.69, 9.17) is 0 Å². The molecule has 0 heterocycles. The largest absolute Gasteiger partial charge is 0.273 e. The van der Waals surface area contributed by atoms with E-state index in [1.54, 1.807) is 0 Å². The minimum atomic E-state index is -0.0365. The van der Waals surface area contributed by atoms with E-state index in [1.807, 2.05) is 36.5 Å². The van der Waals surface area contributed by atoms with E-state index in [0.717, 1.165) is 17.4 Å². The molecule has 1 amide bonds. The molecule has 0 spiro atoms. The van der Waals surface area contributed by atoms with Gasteiger partial charge in [0.15, 0.2) is 0 Å². The maximum Gasteiger partial charge on any atom is 0.244 e. The van der Waals surface area contributed by atoms with Crippen molar-refractivity contribution >= 4 is 12.1 Å². The van der Waals surface area contributed by atoms with Gasteiger partial charge in [-0.1, -0.05) is 36.8 Å². The average molecular weight is 256 g/mol. The van der Waals surface area contributed by atoms with Gasteiger partial charge in [-0.3, -0.25) is 4.79 Å². The predicted molar refractivity (Wildman–Crippen MR) is 75.7 cm³/mol. The van der Waals surface area contributed by atoms with Crippen LogP contribution in [0, 0.1) is 17.8 Å². The van der Waals surface area contributed by atoms with Crippen molar-refractivity contribution in [1.82, 2.24) is 5.43 Å². The second-order valence-electron chi connectivity index (χ2n) is 5.81. The van der Waals surface area contributed by atoms with Crippen molar-refractivity contribution in [2.75, 3.05) is 0 Å². The maximum atomic E-state index is 11.7. The van der Waals surface area contributed by atoms with Crippen LogP contribution in [-0.4, -0.2) is 12.1 Å². The number of rotatable bonds is 4. The molecule has 1 aromatic rings. The molecule has 19 heavy (non-hydrogen) atoms. The Labute approximate surface area is 114 Å². The van der Waals surface area contributed by atoms with Crippen LogP contribution in [0.1, 0.15) is 31.2 Å². The summed E-state index contributed by atoms with van der Waals surface area (Å²) in [6.45, 7) is 0. The zero-order chi connectivity index (χ0) is 13.1. The summed E-state index contributed by atoms with van der Waals surface area (Å²) < 4.78 is 0. The molecule has 100 valence electrons. The Kier molecular flexibility index (Phi) is 3.62. The number of carbonyl (C=O) groups is 1. The van der Waals surface area contributed by atoms with Crippen LogP contribution < -0.4 is 5.43 Å². The normalized spacial score (nSPS) is 28.9. The highest BCUT2D eigenvalue weighted by atomic mass is 16.2. The number of hydrogen-bond donors (Lipinski definition) is 1. The number of nitrogens with one attached hydrogen (secondary N) is 1. The molecular formula is C16H20N2O. The minimum absolute atomic E-state index is 0.0365. The van der Waals surface area contributed by atoms with E-state index in [0.29, 0.717) is 12.3 Å². The fourth-order valence-corrected chi connectivity index (χ4v) is 3.50. The van der Waals surface area contributed by atoms with Crippen LogP contribution in [0.3, 0.4) is 0 Å². The topological polar surface area (TPSA) is 41.5 Å². The number of nitrogens with zero attached hydrogens (tertiary/aromatic N) is 1. The van der Waals surface area contributed by atoms with Crippen molar-refractivity contribution in [2.45, 2.75) is 32.1 Å². The van der Waals surface area contributed by atoms with Gasteiger partial charge in [-0.25, -0.2) is 5.43 Å². The van der Waals surface area contributed by atoms with Gasteiger partial charge in [0.1, 0.15) is 0 Å². The van der Waals surface area contributed by atoms with Gasteiger partial charge in [0.25, 0.3) is 0 Å². The molecule has 0 unspecified atom stereocenters. The lowest BCUT2D eigenvalue weighted by atomic mass is 9.90. The van der Waals surface area contributed by atoms with E-state index in [1.165, 1.54) is 25.7 Å². The Hall–Kier alpha value is -1.64. The summed E-state index contributed by atoms with van der Waals surface area (Å²) in [5.74, 6) is 2.29. The molecule has 0 aromatic heterocycles. The van der Waals surface area contributed by atoms with Crippen molar-refractivity contribution in [3.05, 3.63) is 35.9 Å². The molecule has 3 nitrogen and oxygen atoms in total. The van der Waals surface area contributed by atoms with Crippen LogP contribution in [-0.2, 0) is 11.2 Å². The van der Waals surface area contributed by atoms with Crippen LogP contribution >= 0.6 is 0 Å². The SMILES string of the molecule is O=C(Cc1ccccc1)N/N=C\[C@H]1C[C@H]2CC[C@H]1C2. The zero-order valence-electron chi connectivity index (χ0n) is 11.1. The first-order valence-corrected chi connectivity index (χ1v) is 7.17. The molecule has 2 saturated carbocycles. The van der Waals surface area contributed by atoms with E-state index in [-0.39, 0.29) is 5.91 Å². The summed E-state index contributed by atoms with van der Waals surface area (Å²) in [4.78, 5) is 11.7. The molecule has 0 saturated heterocycles. The summed E-state index contributed by atoms with van der Waals surface area (Å²) in [6.07, 6.45) is 7.74. The third kappa shape index (κ3) is 3.03. The Morgan fingerprint density at radius 3 is 2.79 bits per heavy atom. The number of hydrogen-bond acceptors (Lipinski definition) is 2. The predicted octanol–water partition coefficient (Wildman–Crippen LogP) is 2.77. The minimum Gasteiger partial charge on any atom is -0.273 e. The number of amides is 1. The van der Waals surface area contributed by atoms with E-state index < -0.39 is 0 Å². The molecule has 2 fully saturated rings. The molecule has 2 aliphatic carbocycles. The van der Waals surface area contributed by atoms with Gasteiger partial charge in [-0.15, -0.1) is 0 Å². The van der Waals surface area contributed by atoms with Gasteiger partial charge in [0, 0.05) is 6.21 Å². The number of benzene rings is 1. The van der Waals surface area contributed by atoms with Crippen LogP contribution in [0.25, 0.3) is 0 Å². The van der Waals surface area contributed by atoms with Crippen LogP contribution in [0.2, 0.25) is 0 Å². The Balaban J connectivity index is 1.46. The fraction of sp³-hybridized carbons (Fsp3) is 0.500. The lowest BCUT2D eigenvalue weighted by molar-refractivity contribution is -0.120. The monoisotopic (exact) mass is 256 g/mol. The smallest absolute Gasteiger partial charge is 0.244 e. The lowest BCUT2D eigenvalue weighted by Gasteiger charge is -2.16. The molecule has 1 aromatic carbocycles. The third-order valence-electron chi connectivity index (χ3n) is 4.46. The average Bonchev–Trinajstić information content (AvgIpc) is 3.02. The summed E-state index contributed by atoms with van der Waals surface area (Å²) in [5, 5.41) is 4.14. The van der Waals surface area contributed by atoms with Crippen molar-refractivity contribution in [3.8, 4) is 0 Å². The summed E-state index contributed by atoms with van der Waals surface area (Å²) in [6, 6.07) is 9.76. The first kappa shape index (κ1) is 12.4. The maximum absolute atomic E-state index is 11.7. The highest BCUT2D eigenvalue weighted by molar-refractivity contribution is 5.79. The van der Waals surface area contributed by atoms with Crippen molar-refractivity contribution in [2.24, 2.45) is 22.9 Å². The van der Waals surface area contributed by atoms with Crippen LogP contribution in [0.5, 0.6) is 0 Å². The van der Waals surface area contributed by atoms with Crippen molar-refractivity contribution in [3.63, 3.8) is 0 Å². The van der Waals surface area contributed by atoms with Gasteiger partial charge in [-0.2, -0.15) is 5.10 Å². The number of hydrazone groups is 1. The zero-order valence-corrected chi connectivity index (χ0v) is 11.1. The Morgan fingerprint density at radius 1 is 1.26 bits per heavy atom. The van der Waals surface area contributed by atoms with Crippen molar-refractivity contribution in [1.29, 1.82) is 0 Å².